The number of aryl methyl sites for hydroxylation is 3. The van der Waals surface area contributed by atoms with Gasteiger partial charge in [0.15, 0.2) is 0 Å². The number of rotatable bonds is 9. The SMILES string of the molecule is Cc1ccc(Oc2ccc(SCCNS(=O)(=O)c3cc(C)c(C)c(C(=O)O)c3)cc2)cc1C. The largest absolute Gasteiger partial charge is 0.478 e. The second-order valence-electron chi connectivity index (χ2n) is 7.78. The Bertz CT molecular complexity index is 1270. The third kappa shape index (κ3) is 6.37. The van der Waals surface area contributed by atoms with Crippen LogP contribution in [0, 0.1) is 27.7 Å². The summed E-state index contributed by atoms with van der Waals surface area (Å²) in [5.41, 5.74) is 3.55. The lowest BCUT2D eigenvalue weighted by Gasteiger charge is -2.11. The summed E-state index contributed by atoms with van der Waals surface area (Å²) in [7, 11) is -3.80. The standard InChI is InChI=1S/C25H27NO5S2/c1-16-5-6-21(13-17(16)2)31-20-7-9-22(10-8-20)32-12-11-26-33(29,30)23-14-18(3)19(4)24(15-23)25(27)28/h5-10,13-15,26H,11-12H2,1-4H3,(H,27,28). The molecule has 3 aromatic rings. The van der Waals surface area contributed by atoms with E-state index < -0.39 is 16.0 Å². The molecule has 0 fully saturated rings. The predicted molar refractivity (Wildman–Crippen MR) is 131 cm³/mol. The van der Waals surface area contributed by atoms with E-state index in [4.69, 9.17) is 4.74 Å². The molecule has 6 nitrogen and oxygen atoms in total. The van der Waals surface area contributed by atoms with Gasteiger partial charge in [-0.2, -0.15) is 0 Å². The third-order valence-electron chi connectivity index (χ3n) is 5.38. The molecular formula is C25H27NO5S2. The summed E-state index contributed by atoms with van der Waals surface area (Å²) in [6, 6.07) is 16.3. The molecule has 0 aromatic heterocycles. The average molecular weight is 486 g/mol. The van der Waals surface area contributed by atoms with Gasteiger partial charge in [-0.05, 0) is 98.5 Å². The van der Waals surface area contributed by atoms with Crippen molar-refractivity contribution in [2.75, 3.05) is 12.3 Å². The molecule has 0 unspecified atom stereocenters. The molecule has 0 bridgehead atoms. The summed E-state index contributed by atoms with van der Waals surface area (Å²) in [6.45, 7) is 7.67. The van der Waals surface area contributed by atoms with E-state index in [1.54, 1.807) is 13.8 Å². The minimum atomic E-state index is -3.80. The van der Waals surface area contributed by atoms with Gasteiger partial charge in [0.25, 0.3) is 0 Å². The summed E-state index contributed by atoms with van der Waals surface area (Å²) < 4.78 is 33.7. The average Bonchev–Trinajstić information content (AvgIpc) is 2.76. The molecule has 174 valence electrons. The maximum atomic E-state index is 12.6. The summed E-state index contributed by atoms with van der Waals surface area (Å²) in [5, 5.41) is 9.32. The Morgan fingerprint density at radius 1 is 0.909 bits per heavy atom. The molecule has 0 aliphatic carbocycles. The van der Waals surface area contributed by atoms with Crippen LogP contribution in [0.4, 0.5) is 0 Å². The molecule has 8 heteroatoms. The van der Waals surface area contributed by atoms with Gasteiger partial charge in [-0.25, -0.2) is 17.9 Å². The van der Waals surface area contributed by atoms with Crippen molar-refractivity contribution >= 4 is 27.8 Å². The van der Waals surface area contributed by atoms with Gasteiger partial charge in [0.1, 0.15) is 11.5 Å². The van der Waals surface area contributed by atoms with Crippen LogP contribution in [0.2, 0.25) is 0 Å². The molecule has 3 aromatic carbocycles. The zero-order valence-electron chi connectivity index (χ0n) is 19.0. The van der Waals surface area contributed by atoms with Gasteiger partial charge in [-0.1, -0.05) is 6.07 Å². The first-order valence-corrected chi connectivity index (χ1v) is 12.9. The van der Waals surface area contributed by atoms with Crippen LogP contribution in [0.15, 0.2) is 64.4 Å². The molecule has 0 spiro atoms. The second kappa shape index (κ2) is 10.4. The summed E-state index contributed by atoms with van der Waals surface area (Å²) in [4.78, 5) is 12.3. The molecular weight excluding hydrogens is 458 g/mol. The fraction of sp³-hybridized carbons (Fsp3) is 0.240. The van der Waals surface area contributed by atoms with Crippen LogP contribution in [-0.2, 0) is 10.0 Å². The van der Waals surface area contributed by atoms with Crippen LogP contribution >= 0.6 is 11.8 Å². The number of hydrogen-bond donors (Lipinski definition) is 2. The highest BCUT2D eigenvalue weighted by Crippen LogP contribution is 2.27. The van der Waals surface area contributed by atoms with Gasteiger partial charge in [0, 0.05) is 17.2 Å². The molecule has 2 N–H and O–H groups in total. The van der Waals surface area contributed by atoms with Crippen LogP contribution in [0.25, 0.3) is 0 Å². The summed E-state index contributed by atoms with van der Waals surface area (Å²) in [6.07, 6.45) is 0. The lowest BCUT2D eigenvalue weighted by Crippen LogP contribution is -2.26. The number of carboxylic acid groups (broad SMARTS) is 1. The molecule has 0 heterocycles. The number of nitrogens with one attached hydrogen (secondary N) is 1. The summed E-state index contributed by atoms with van der Waals surface area (Å²) >= 11 is 1.51. The topological polar surface area (TPSA) is 92.7 Å². The first-order valence-electron chi connectivity index (χ1n) is 10.4. The number of sulfonamides is 1. The monoisotopic (exact) mass is 485 g/mol. The van der Waals surface area contributed by atoms with Crippen LogP contribution in [-0.4, -0.2) is 31.8 Å². The molecule has 0 atom stereocenters. The lowest BCUT2D eigenvalue weighted by molar-refractivity contribution is 0.0695. The van der Waals surface area contributed by atoms with Crippen molar-refractivity contribution in [2.45, 2.75) is 37.5 Å². The van der Waals surface area contributed by atoms with Crippen LogP contribution in [0.5, 0.6) is 11.5 Å². The maximum Gasteiger partial charge on any atom is 0.336 e. The quantitative estimate of drug-likeness (QED) is 0.308. The van der Waals surface area contributed by atoms with Gasteiger partial charge in [-0.15, -0.1) is 11.8 Å². The lowest BCUT2D eigenvalue weighted by atomic mass is 10.0. The Morgan fingerprint density at radius 2 is 1.58 bits per heavy atom. The molecule has 0 amide bonds. The highest BCUT2D eigenvalue weighted by atomic mass is 32.2. The number of hydrogen-bond acceptors (Lipinski definition) is 5. The highest BCUT2D eigenvalue weighted by molar-refractivity contribution is 7.99. The Morgan fingerprint density at radius 3 is 2.21 bits per heavy atom. The first kappa shape index (κ1) is 24.8. The van der Waals surface area contributed by atoms with E-state index >= 15 is 0 Å². The molecule has 33 heavy (non-hydrogen) atoms. The minimum absolute atomic E-state index is 0.00661. The van der Waals surface area contributed by atoms with E-state index in [2.05, 4.69) is 11.6 Å². The normalized spacial score (nSPS) is 11.4. The molecule has 0 saturated carbocycles. The number of ether oxygens (including phenoxy) is 1. The van der Waals surface area contributed by atoms with Crippen molar-refractivity contribution in [3.63, 3.8) is 0 Å². The van der Waals surface area contributed by atoms with Crippen LogP contribution in [0.1, 0.15) is 32.6 Å². The molecule has 0 aliphatic rings. The van der Waals surface area contributed by atoms with Crippen molar-refractivity contribution in [1.82, 2.24) is 4.72 Å². The number of aromatic carboxylic acids is 1. The minimum Gasteiger partial charge on any atom is -0.478 e. The third-order valence-corrected chi connectivity index (χ3v) is 7.84. The Kier molecular flexibility index (Phi) is 7.84. The van der Waals surface area contributed by atoms with E-state index in [0.717, 1.165) is 16.4 Å². The first-order chi connectivity index (χ1) is 15.6. The number of benzene rings is 3. The van der Waals surface area contributed by atoms with Crippen molar-refractivity contribution < 1.29 is 23.1 Å². The van der Waals surface area contributed by atoms with E-state index in [9.17, 15) is 18.3 Å². The smallest absolute Gasteiger partial charge is 0.336 e. The molecule has 0 aliphatic heterocycles. The number of carbonyl (C=O) groups is 1. The molecule has 0 saturated heterocycles. The van der Waals surface area contributed by atoms with Crippen molar-refractivity contribution in [2.24, 2.45) is 0 Å². The van der Waals surface area contributed by atoms with E-state index in [0.29, 0.717) is 16.9 Å². The van der Waals surface area contributed by atoms with Crippen LogP contribution in [0.3, 0.4) is 0 Å². The highest BCUT2D eigenvalue weighted by Gasteiger charge is 2.19. The second-order valence-corrected chi connectivity index (χ2v) is 10.7. The van der Waals surface area contributed by atoms with Gasteiger partial charge >= 0.3 is 5.97 Å². The van der Waals surface area contributed by atoms with Crippen molar-refractivity contribution in [1.29, 1.82) is 0 Å². The maximum absolute atomic E-state index is 12.6. The van der Waals surface area contributed by atoms with E-state index in [-0.39, 0.29) is 17.0 Å². The Hall–Kier alpha value is -2.81. The van der Waals surface area contributed by atoms with Gasteiger partial charge in [0.2, 0.25) is 10.0 Å². The van der Waals surface area contributed by atoms with E-state index in [1.165, 1.54) is 35.0 Å². The molecule has 3 rings (SSSR count). The number of carboxylic acids is 1. The zero-order chi connectivity index (χ0) is 24.2. The summed E-state index contributed by atoms with van der Waals surface area (Å²) in [5.74, 6) is 0.887. The van der Waals surface area contributed by atoms with Crippen LogP contribution < -0.4 is 9.46 Å². The molecule has 0 radical (unpaired) electrons. The van der Waals surface area contributed by atoms with Gasteiger partial charge in [0.05, 0.1) is 10.5 Å². The fourth-order valence-electron chi connectivity index (χ4n) is 3.15. The predicted octanol–water partition coefficient (Wildman–Crippen LogP) is 5.48. The fourth-order valence-corrected chi connectivity index (χ4v) is 5.19. The van der Waals surface area contributed by atoms with Crippen molar-refractivity contribution in [3.05, 3.63) is 82.4 Å². The van der Waals surface area contributed by atoms with Gasteiger partial charge in [-0.3, -0.25) is 0 Å². The zero-order valence-corrected chi connectivity index (χ0v) is 20.6. The Balaban J connectivity index is 1.55. The number of thioether (sulfide) groups is 1. The van der Waals surface area contributed by atoms with E-state index in [1.807, 2.05) is 49.4 Å². The van der Waals surface area contributed by atoms with Gasteiger partial charge < -0.3 is 9.84 Å². The van der Waals surface area contributed by atoms with Crippen molar-refractivity contribution in [3.8, 4) is 11.5 Å². The Labute approximate surface area is 199 Å².